The van der Waals surface area contributed by atoms with E-state index in [1.54, 1.807) is 28.4 Å². The quantitative estimate of drug-likeness (QED) is 0.112. The van der Waals surface area contributed by atoms with Crippen LogP contribution in [-0.4, -0.2) is 49.4 Å². The highest BCUT2D eigenvalue weighted by Gasteiger charge is 2.55. The third-order valence-electron chi connectivity index (χ3n) is 17.8. The van der Waals surface area contributed by atoms with Gasteiger partial charge in [0.15, 0.2) is 5.82 Å². The van der Waals surface area contributed by atoms with E-state index in [0.717, 1.165) is 112 Å². The smallest absolute Gasteiger partial charge is 0.159 e. The van der Waals surface area contributed by atoms with Gasteiger partial charge in [0.1, 0.15) is 34.4 Å². The zero-order valence-electron chi connectivity index (χ0n) is 50.2. The zero-order valence-corrected chi connectivity index (χ0v) is 50.2. The molecule has 0 saturated heterocycles. The fourth-order valence-electron chi connectivity index (χ4n) is 13.3. The molecule has 1 aromatic heterocycles. The van der Waals surface area contributed by atoms with Crippen LogP contribution in [-0.2, 0) is 21.8 Å². The molecule has 8 nitrogen and oxygen atoms in total. The number of aromatic nitrogens is 2. The largest absolute Gasteiger partial charge is 0.497 e. The maximum absolute atomic E-state index is 5.97. The van der Waals surface area contributed by atoms with E-state index in [9.17, 15) is 0 Å². The van der Waals surface area contributed by atoms with E-state index < -0.39 is 5.54 Å². The number of hydrogen-bond acceptors (Lipinski definition) is 7. The lowest BCUT2D eigenvalue weighted by atomic mass is 9.67. The number of methoxy groups -OCH3 is 4. The summed E-state index contributed by atoms with van der Waals surface area (Å²) in [7, 11) is 6.83. The molecular weight excluding hydrogens is 1030 g/mol. The average molecular weight is 1100 g/mol. The van der Waals surface area contributed by atoms with Crippen molar-refractivity contribution in [1.82, 2.24) is 9.55 Å². The van der Waals surface area contributed by atoms with Crippen LogP contribution in [0.3, 0.4) is 0 Å². The van der Waals surface area contributed by atoms with Crippen LogP contribution in [0.25, 0.3) is 83.1 Å². The first-order valence-corrected chi connectivity index (χ1v) is 29.0. The molecule has 0 N–H and O–H groups in total. The van der Waals surface area contributed by atoms with Gasteiger partial charge < -0.3 is 23.5 Å². The minimum Gasteiger partial charge on any atom is -0.497 e. The summed E-state index contributed by atoms with van der Waals surface area (Å²) in [6.45, 7) is 21.0. The van der Waals surface area contributed by atoms with Gasteiger partial charge in [0.25, 0.3) is 0 Å². The standard InChI is InChI=1S/C76H68N4O4/c1-73(2,3)49-36-48-37-50(74(4,5)6)39-59-61-42-63(71-77-67(44-18-27-52(81-10)28-19-44)68(78-71)45-20-29-53(82-11)30-21-45)76(62-41-51(75(7,8)9)40-60(65(61)62)58(38-49)64(48)59)66-56-17-15-14-16-43(56)26-35-57(66)72-79-69(46-22-31-54(83-12)32-23-46)70(80(72)76)47-24-33-55(84-13)34-25-47/h14-42H,1-13H3. The molecule has 3 aliphatic rings. The van der Waals surface area contributed by atoms with Gasteiger partial charge in [0, 0.05) is 39.0 Å². The second-order valence-corrected chi connectivity index (χ2v) is 25.9. The van der Waals surface area contributed by atoms with Crippen molar-refractivity contribution in [1.29, 1.82) is 0 Å². The van der Waals surface area contributed by atoms with Crippen LogP contribution < -0.4 is 24.2 Å². The normalized spacial score (nSPS) is 15.7. The summed E-state index contributed by atoms with van der Waals surface area (Å²) in [5, 5.41) is 10.7. The molecule has 1 aliphatic carbocycles. The van der Waals surface area contributed by atoms with E-state index in [4.69, 9.17) is 33.9 Å². The Hall–Kier alpha value is -9.27. The van der Waals surface area contributed by atoms with E-state index in [1.165, 1.54) is 49.0 Å². The van der Waals surface area contributed by atoms with Gasteiger partial charge in [0.2, 0.25) is 0 Å². The summed E-state index contributed by atoms with van der Waals surface area (Å²) >= 11 is 0. The fourth-order valence-corrected chi connectivity index (χ4v) is 13.3. The molecule has 1 spiro atoms. The van der Waals surface area contributed by atoms with Crippen LogP contribution in [0.15, 0.2) is 191 Å². The Kier molecular flexibility index (Phi) is 11.9. The van der Waals surface area contributed by atoms with Gasteiger partial charge in [-0.1, -0.05) is 117 Å². The molecule has 3 heterocycles. The summed E-state index contributed by atoms with van der Waals surface area (Å²) in [5.41, 5.74) is 13.3. The predicted octanol–water partition coefficient (Wildman–Crippen LogP) is 17.2. The minimum atomic E-state index is -1.18. The van der Waals surface area contributed by atoms with Gasteiger partial charge in [-0.25, -0.2) is 15.0 Å². The van der Waals surface area contributed by atoms with E-state index in [0.29, 0.717) is 5.82 Å². The van der Waals surface area contributed by atoms with Crippen molar-refractivity contribution in [3.05, 3.63) is 225 Å². The molecular formula is C76H68N4O4. The lowest BCUT2D eigenvalue weighted by Crippen LogP contribution is -2.41. The second-order valence-electron chi connectivity index (χ2n) is 25.9. The van der Waals surface area contributed by atoms with E-state index >= 15 is 0 Å². The topological polar surface area (TPSA) is 79.5 Å². The second kappa shape index (κ2) is 18.9. The average Bonchev–Trinajstić information content (AvgIpc) is 1.42. The van der Waals surface area contributed by atoms with E-state index in [2.05, 4.69) is 206 Å². The molecule has 14 rings (SSSR count). The van der Waals surface area contributed by atoms with Crippen LogP contribution in [0, 0.1) is 0 Å². The maximum Gasteiger partial charge on any atom is 0.159 e. The first kappa shape index (κ1) is 52.8. The van der Waals surface area contributed by atoms with Crippen molar-refractivity contribution in [2.45, 2.75) is 84.1 Å². The van der Waals surface area contributed by atoms with Crippen LogP contribution in [0.1, 0.15) is 101 Å². The number of hydrogen-bond donors (Lipinski definition) is 0. The third-order valence-corrected chi connectivity index (χ3v) is 17.8. The molecule has 0 amide bonds. The lowest BCUT2D eigenvalue weighted by Gasteiger charge is -2.41. The van der Waals surface area contributed by atoms with Crippen LogP contribution in [0.2, 0.25) is 0 Å². The Morgan fingerprint density at radius 3 is 1.40 bits per heavy atom. The Morgan fingerprint density at radius 2 is 0.893 bits per heavy atom. The molecule has 84 heavy (non-hydrogen) atoms. The highest BCUT2D eigenvalue weighted by molar-refractivity contribution is 6.55. The summed E-state index contributed by atoms with van der Waals surface area (Å²) in [5.74, 6) is 4.50. The van der Waals surface area contributed by atoms with Crippen molar-refractivity contribution >= 4 is 60.6 Å². The van der Waals surface area contributed by atoms with Crippen molar-refractivity contribution in [3.63, 3.8) is 0 Å². The molecule has 11 aromatic rings. The van der Waals surface area contributed by atoms with Crippen molar-refractivity contribution < 1.29 is 18.9 Å². The highest BCUT2D eigenvalue weighted by Crippen LogP contribution is 2.61. The third kappa shape index (κ3) is 7.97. The number of nitrogens with zero attached hydrogens (tertiary/aromatic N) is 4. The van der Waals surface area contributed by atoms with Crippen molar-refractivity contribution in [3.8, 4) is 56.9 Å². The summed E-state index contributed by atoms with van der Waals surface area (Å²) in [6, 6.07) is 61.5. The Labute approximate surface area is 491 Å². The Morgan fingerprint density at radius 1 is 0.429 bits per heavy atom. The highest BCUT2D eigenvalue weighted by atomic mass is 16.5. The number of fused-ring (bicyclic) bond motifs is 10. The lowest BCUT2D eigenvalue weighted by molar-refractivity contribution is 0.414. The van der Waals surface area contributed by atoms with Crippen molar-refractivity contribution in [2.24, 2.45) is 9.98 Å². The molecule has 0 bridgehead atoms. The Bertz CT molecular complexity index is 4640. The molecule has 0 fully saturated rings. The van der Waals surface area contributed by atoms with Gasteiger partial charge in [-0.05, 0) is 208 Å². The Balaban J connectivity index is 1.28. The van der Waals surface area contributed by atoms with Gasteiger partial charge in [-0.2, -0.15) is 0 Å². The number of benzene rings is 10. The predicted molar refractivity (Wildman–Crippen MR) is 346 cm³/mol. The van der Waals surface area contributed by atoms with Crippen molar-refractivity contribution in [2.75, 3.05) is 28.4 Å². The molecule has 1 atom stereocenters. The van der Waals surface area contributed by atoms with Gasteiger partial charge in [-0.3, -0.25) is 0 Å². The first-order valence-electron chi connectivity index (χ1n) is 29.0. The molecule has 2 aliphatic heterocycles. The minimum absolute atomic E-state index is 0.138. The van der Waals surface area contributed by atoms with Crippen LogP contribution in [0.4, 0.5) is 0 Å². The molecule has 416 valence electrons. The molecule has 8 heteroatoms. The summed E-state index contributed by atoms with van der Waals surface area (Å²) in [4.78, 5) is 17.9. The molecule has 1 unspecified atom stereocenters. The SMILES string of the molecule is COc1ccc(C2=NC(=C3C=c4c5cc(C(C)(C)C)cc6cc(C(C)(C)C)cc(c7cc(C(C)(C)C)cc(c47)C34c3c(ccc7ccccc37)-c3nc(-c7ccc(OC)cc7)c(-c7ccc(OC)cc7)n34)c65)N=C2c2ccc(OC)cc2)cc1. The number of rotatable bonds is 8. The van der Waals surface area contributed by atoms with Crippen LogP contribution >= 0.6 is 0 Å². The maximum atomic E-state index is 5.97. The van der Waals surface area contributed by atoms with Gasteiger partial charge in [0.05, 0.1) is 51.3 Å². The first-order chi connectivity index (χ1) is 40.3. The molecule has 0 radical (unpaired) electrons. The van der Waals surface area contributed by atoms with Crippen LogP contribution in [0.5, 0.6) is 23.0 Å². The summed E-state index contributed by atoms with van der Waals surface area (Å²) < 4.78 is 25.7. The van der Waals surface area contributed by atoms with E-state index in [1.807, 2.05) is 36.4 Å². The molecule has 10 aromatic carbocycles. The van der Waals surface area contributed by atoms with E-state index in [-0.39, 0.29) is 16.2 Å². The monoisotopic (exact) mass is 1100 g/mol. The number of imidazole rings is 1. The number of allylic oxidation sites excluding steroid dienone is 1. The molecule has 0 saturated carbocycles. The zero-order chi connectivity index (χ0) is 58.4. The fraction of sp³-hybridized carbons (Fsp3) is 0.224. The number of ether oxygens (including phenoxy) is 4. The van der Waals surface area contributed by atoms with Gasteiger partial charge in [-0.15, -0.1) is 0 Å². The van der Waals surface area contributed by atoms with Gasteiger partial charge >= 0.3 is 0 Å². The number of aliphatic imine (C=N–C) groups is 2. The summed E-state index contributed by atoms with van der Waals surface area (Å²) in [6.07, 6.45) is 2.49.